The summed E-state index contributed by atoms with van der Waals surface area (Å²) >= 11 is 8.43. The van der Waals surface area contributed by atoms with E-state index in [-0.39, 0.29) is 24.8 Å². The summed E-state index contributed by atoms with van der Waals surface area (Å²) in [5.41, 5.74) is 4.37. The van der Waals surface area contributed by atoms with Gasteiger partial charge < -0.3 is 9.88 Å². The molecule has 33 heavy (non-hydrogen) atoms. The zero-order chi connectivity index (χ0) is 21.2. The number of carbonyl (C=O) groups is 1. The number of anilines is 1. The lowest BCUT2D eigenvalue weighted by Crippen LogP contribution is -2.46. The Morgan fingerprint density at radius 3 is 2.42 bits per heavy atom. The molecule has 5 rings (SSSR count). The Balaban J connectivity index is 0.00000153. The Labute approximate surface area is 216 Å². The second-order valence-electron chi connectivity index (χ2n) is 8.47. The molecule has 178 valence electrons. The third-order valence-corrected chi connectivity index (χ3v) is 7.78. The van der Waals surface area contributed by atoms with Gasteiger partial charge in [0.1, 0.15) is 5.78 Å². The number of H-pyrrole nitrogens is 1. The van der Waals surface area contributed by atoms with E-state index in [4.69, 9.17) is 16.6 Å². The van der Waals surface area contributed by atoms with Crippen LogP contribution in [0.4, 0.5) is 5.69 Å². The first-order valence-electron chi connectivity index (χ1n) is 11.0. The highest BCUT2D eigenvalue weighted by Crippen LogP contribution is 2.35. The normalized spacial score (nSPS) is 17.6. The molecule has 3 aromatic rings. The number of nitrogens with zero attached hydrogens (tertiary/aromatic N) is 3. The van der Waals surface area contributed by atoms with Crippen molar-refractivity contribution in [2.45, 2.75) is 42.6 Å². The number of halogens is 3. The van der Waals surface area contributed by atoms with Crippen molar-refractivity contribution in [1.29, 1.82) is 0 Å². The molecule has 0 bridgehead atoms. The first-order chi connectivity index (χ1) is 15.1. The quantitative estimate of drug-likeness (QED) is 0.442. The first kappa shape index (κ1) is 26.2. The summed E-state index contributed by atoms with van der Waals surface area (Å²) in [4.78, 5) is 24.6. The van der Waals surface area contributed by atoms with Crippen LogP contribution in [0.15, 0.2) is 47.6 Å². The predicted molar refractivity (Wildman–Crippen MR) is 143 cm³/mol. The molecule has 0 amide bonds. The van der Waals surface area contributed by atoms with E-state index in [1.54, 1.807) is 11.8 Å². The van der Waals surface area contributed by atoms with Gasteiger partial charge in [-0.25, -0.2) is 4.98 Å². The van der Waals surface area contributed by atoms with Crippen LogP contribution in [-0.4, -0.2) is 52.1 Å². The number of aromatic amines is 1. The van der Waals surface area contributed by atoms with Gasteiger partial charge in [0, 0.05) is 50.8 Å². The molecular formula is C24H29Cl3N4OS. The van der Waals surface area contributed by atoms with E-state index in [0.29, 0.717) is 23.9 Å². The van der Waals surface area contributed by atoms with Crippen molar-refractivity contribution < 1.29 is 4.79 Å². The Morgan fingerprint density at radius 1 is 1.03 bits per heavy atom. The fraction of sp³-hybridized carbons (Fsp3) is 0.417. The van der Waals surface area contributed by atoms with Gasteiger partial charge in [-0.1, -0.05) is 53.7 Å². The molecule has 0 unspecified atom stereocenters. The monoisotopic (exact) mass is 526 g/mol. The van der Waals surface area contributed by atoms with Gasteiger partial charge in [0.2, 0.25) is 0 Å². The van der Waals surface area contributed by atoms with Gasteiger partial charge in [-0.05, 0) is 30.5 Å². The Kier molecular flexibility index (Phi) is 9.36. The number of rotatable bonds is 5. The van der Waals surface area contributed by atoms with Gasteiger partial charge in [0.05, 0.1) is 21.7 Å². The number of aromatic nitrogens is 2. The molecule has 2 fully saturated rings. The molecule has 2 aliphatic rings. The fourth-order valence-electron chi connectivity index (χ4n) is 4.47. The van der Waals surface area contributed by atoms with Crippen LogP contribution in [0, 0.1) is 0 Å². The summed E-state index contributed by atoms with van der Waals surface area (Å²) in [5, 5.41) is 2.16. The highest BCUT2D eigenvalue weighted by atomic mass is 35.5. The number of imidazole rings is 1. The molecule has 1 aliphatic heterocycles. The largest absolute Gasteiger partial charge is 0.368 e. The standard InChI is InChI=1S/C24H27ClN4OS.2ClH/c25-20-14-21-22(27-24(26-21)31-19-8-6-18(30)7-9-19)15-23(20)29-12-10-28(11-13-29)16-17-4-2-1-3-5-17;;/h1-5,14-15,19H,6-13,16H2,(H,26,27);2*1H. The van der Waals surface area contributed by atoms with E-state index >= 15 is 0 Å². The maximum absolute atomic E-state index is 11.5. The molecule has 2 aromatic carbocycles. The van der Waals surface area contributed by atoms with Crippen molar-refractivity contribution in [3.8, 4) is 0 Å². The summed E-state index contributed by atoms with van der Waals surface area (Å²) in [6.07, 6.45) is 3.29. The molecule has 1 N–H and O–H groups in total. The molecule has 1 saturated carbocycles. The van der Waals surface area contributed by atoms with Crippen molar-refractivity contribution in [3.63, 3.8) is 0 Å². The van der Waals surface area contributed by atoms with Crippen molar-refractivity contribution in [1.82, 2.24) is 14.9 Å². The van der Waals surface area contributed by atoms with Crippen molar-refractivity contribution in [2.24, 2.45) is 0 Å². The number of thioether (sulfide) groups is 1. The number of ketones is 1. The molecule has 1 aliphatic carbocycles. The molecule has 1 saturated heterocycles. The van der Waals surface area contributed by atoms with E-state index in [1.807, 2.05) is 6.07 Å². The zero-order valence-corrected chi connectivity index (χ0v) is 21.5. The smallest absolute Gasteiger partial charge is 0.166 e. The van der Waals surface area contributed by atoms with Crippen molar-refractivity contribution >= 4 is 70.7 Å². The topological polar surface area (TPSA) is 52.2 Å². The average Bonchev–Trinajstić information content (AvgIpc) is 3.17. The molecule has 5 nitrogen and oxygen atoms in total. The fourth-order valence-corrected chi connectivity index (χ4v) is 5.86. The Bertz CT molecular complexity index is 1060. The number of carbonyl (C=O) groups excluding carboxylic acids is 1. The van der Waals surface area contributed by atoms with Crippen molar-refractivity contribution in [2.75, 3.05) is 31.1 Å². The third kappa shape index (κ3) is 6.37. The molecule has 0 radical (unpaired) electrons. The third-order valence-electron chi connectivity index (χ3n) is 6.26. The van der Waals surface area contributed by atoms with Gasteiger partial charge >= 0.3 is 0 Å². The lowest BCUT2D eigenvalue weighted by Gasteiger charge is -2.36. The van der Waals surface area contributed by atoms with Gasteiger partial charge in [-0.3, -0.25) is 9.69 Å². The maximum Gasteiger partial charge on any atom is 0.166 e. The maximum atomic E-state index is 11.5. The summed E-state index contributed by atoms with van der Waals surface area (Å²) in [6.45, 7) is 4.95. The average molecular weight is 528 g/mol. The number of Topliss-reactive ketones (excluding diaryl/α,β-unsaturated/α-hetero) is 1. The molecule has 0 atom stereocenters. The van der Waals surface area contributed by atoms with Crippen LogP contribution in [0.5, 0.6) is 0 Å². The van der Waals surface area contributed by atoms with Crippen LogP contribution in [-0.2, 0) is 11.3 Å². The van der Waals surface area contributed by atoms with Gasteiger partial charge in [-0.15, -0.1) is 24.8 Å². The Hall–Kier alpha value is -1.44. The molecule has 2 heterocycles. The summed E-state index contributed by atoms with van der Waals surface area (Å²) in [5.74, 6) is 0.391. The summed E-state index contributed by atoms with van der Waals surface area (Å²) in [7, 11) is 0. The highest BCUT2D eigenvalue weighted by Gasteiger charge is 2.23. The van der Waals surface area contributed by atoms with Crippen LogP contribution in [0.2, 0.25) is 5.02 Å². The molecule has 0 spiro atoms. The van der Waals surface area contributed by atoms with Crippen LogP contribution in [0.1, 0.15) is 31.2 Å². The molecule has 1 aromatic heterocycles. The second-order valence-corrected chi connectivity index (χ2v) is 10.2. The number of hydrogen-bond acceptors (Lipinski definition) is 5. The van der Waals surface area contributed by atoms with E-state index in [1.165, 1.54) is 5.56 Å². The van der Waals surface area contributed by atoms with Crippen LogP contribution in [0.25, 0.3) is 11.0 Å². The van der Waals surface area contributed by atoms with E-state index < -0.39 is 0 Å². The molecule has 9 heteroatoms. The summed E-state index contributed by atoms with van der Waals surface area (Å²) in [6, 6.07) is 14.8. The molecular weight excluding hydrogens is 499 g/mol. The van der Waals surface area contributed by atoms with Gasteiger partial charge in [0.25, 0.3) is 0 Å². The number of piperazine rings is 1. The van der Waals surface area contributed by atoms with Crippen LogP contribution in [0.3, 0.4) is 0 Å². The van der Waals surface area contributed by atoms with Crippen LogP contribution >= 0.6 is 48.2 Å². The van der Waals surface area contributed by atoms with Gasteiger partial charge in [-0.2, -0.15) is 0 Å². The first-order valence-corrected chi connectivity index (χ1v) is 12.3. The minimum Gasteiger partial charge on any atom is -0.368 e. The lowest BCUT2D eigenvalue weighted by molar-refractivity contribution is -0.120. The number of fused-ring (bicyclic) bond motifs is 1. The van der Waals surface area contributed by atoms with E-state index in [2.05, 4.69) is 51.2 Å². The highest BCUT2D eigenvalue weighted by molar-refractivity contribution is 7.99. The minimum absolute atomic E-state index is 0. The van der Waals surface area contributed by atoms with Gasteiger partial charge in [0.15, 0.2) is 5.16 Å². The number of hydrogen-bond donors (Lipinski definition) is 1. The van der Waals surface area contributed by atoms with Crippen molar-refractivity contribution in [3.05, 3.63) is 53.1 Å². The number of nitrogens with one attached hydrogen (secondary N) is 1. The second kappa shape index (κ2) is 11.8. The lowest BCUT2D eigenvalue weighted by atomic mass is 9.99. The van der Waals surface area contributed by atoms with E-state index in [9.17, 15) is 4.79 Å². The minimum atomic E-state index is 0. The Morgan fingerprint density at radius 2 is 1.73 bits per heavy atom. The van der Waals surface area contributed by atoms with E-state index in [0.717, 1.165) is 72.5 Å². The SMILES string of the molecule is Cl.Cl.O=C1CCC(Sc2nc3cc(N4CCN(Cc5ccccc5)CC4)c(Cl)cc3[nH]2)CC1. The van der Waals surface area contributed by atoms with Crippen LogP contribution < -0.4 is 4.90 Å². The number of benzene rings is 2. The zero-order valence-electron chi connectivity index (χ0n) is 18.3. The summed E-state index contributed by atoms with van der Waals surface area (Å²) < 4.78 is 0. The predicted octanol–water partition coefficient (Wildman–Crippen LogP) is 5.99.